The lowest BCUT2D eigenvalue weighted by Gasteiger charge is -2.24. The van der Waals surface area contributed by atoms with Crippen molar-refractivity contribution in [1.29, 1.82) is 0 Å². The molecule has 0 saturated heterocycles. The molecule has 0 radical (unpaired) electrons. The number of benzene rings is 1. The first kappa shape index (κ1) is 15.9. The zero-order valence-corrected chi connectivity index (χ0v) is 13.2. The van der Waals surface area contributed by atoms with Crippen molar-refractivity contribution in [2.45, 2.75) is 26.3 Å². The number of anilines is 1. The minimum Gasteiger partial charge on any atom is -0.478 e. The Morgan fingerprint density at radius 3 is 2.53 bits per heavy atom. The van der Waals surface area contributed by atoms with Gasteiger partial charge in [-0.3, -0.25) is 4.79 Å². The quantitative estimate of drug-likeness (QED) is 0.690. The fourth-order valence-electron chi connectivity index (χ4n) is 1.60. The van der Waals surface area contributed by atoms with Crippen molar-refractivity contribution in [3.63, 3.8) is 0 Å². The number of nitrogens with one attached hydrogen (secondary N) is 2. The highest BCUT2D eigenvalue weighted by Gasteiger charge is 2.27. The van der Waals surface area contributed by atoms with Gasteiger partial charge < -0.3 is 15.7 Å². The lowest BCUT2D eigenvalue weighted by molar-refractivity contribution is -0.121. The summed E-state index contributed by atoms with van der Waals surface area (Å²) in [5.74, 6) is -1.33. The average molecular weight is 376 g/mol. The number of carbonyl (C=O) groups is 2. The molecule has 0 heterocycles. The summed E-state index contributed by atoms with van der Waals surface area (Å²) in [7, 11) is 0. The summed E-state index contributed by atoms with van der Waals surface area (Å²) in [6.45, 7) is 6.05. The maximum Gasteiger partial charge on any atom is 0.337 e. The monoisotopic (exact) mass is 376 g/mol. The van der Waals surface area contributed by atoms with E-state index in [1.165, 1.54) is 6.07 Å². The number of carbonyl (C=O) groups excluding carboxylic acids is 1. The van der Waals surface area contributed by atoms with Crippen LogP contribution in [0.4, 0.5) is 5.69 Å². The van der Waals surface area contributed by atoms with Crippen LogP contribution in [0, 0.1) is 3.57 Å². The first-order chi connectivity index (χ1) is 8.77. The van der Waals surface area contributed by atoms with Crippen molar-refractivity contribution in [2.75, 3.05) is 11.9 Å². The molecule has 0 aromatic heterocycles. The van der Waals surface area contributed by atoms with Crippen molar-refractivity contribution >= 4 is 40.2 Å². The standard InChI is InChI=1S/C13H17IN2O3/c1-4-15-13(2,3)12(19)16-10-6-5-8(14)7-9(10)11(17)18/h5-7,15H,4H2,1-3H3,(H,16,19)(H,17,18). The molecule has 0 bridgehead atoms. The van der Waals surface area contributed by atoms with Crippen LogP contribution in [0.2, 0.25) is 0 Å². The van der Waals surface area contributed by atoms with Crippen molar-refractivity contribution < 1.29 is 14.7 Å². The summed E-state index contributed by atoms with van der Waals surface area (Å²) in [6.07, 6.45) is 0. The summed E-state index contributed by atoms with van der Waals surface area (Å²) < 4.78 is 0.805. The minimum absolute atomic E-state index is 0.0903. The van der Waals surface area contributed by atoms with E-state index in [0.717, 1.165) is 3.57 Å². The summed E-state index contributed by atoms with van der Waals surface area (Å²) in [6, 6.07) is 4.88. The molecule has 1 amide bonds. The molecule has 0 saturated carbocycles. The van der Waals surface area contributed by atoms with Crippen LogP contribution in [0.15, 0.2) is 18.2 Å². The van der Waals surface area contributed by atoms with Crippen LogP contribution in [-0.4, -0.2) is 29.1 Å². The summed E-state index contributed by atoms with van der Waals surface area (Å²) in [4.78, 5) is 23.3. The summed E-state index contributed by atoms with van der Waals surface area (Å²) in [5, 5.41) is 14.8. The number of likely N-dealkylation sites (N-methyl/N-ethyl adjacent to an activating group) is 1. The molecule has 1 aromatic rings. The molecule has 0 aliphatic carbocycles. The highest BCUT2D eigenvalue weighted by molar-refractivity contribution is 14.1. The predicted octanol–water partition coefficient (Wildman–Crippen LogP) is 2.32. The SMILES string of the molecule is CCNC(C)(C)C(=O)Nc1ccc(I)cc1C(=O)O. The van der Waals surface area contributed by atoms with Crippen molar-refractivity contribution in [3.05, 3.63) is 27.3 Å². The molecule has 0 aliphatic heterocycles. The van der Waals surface area contributed by atoms with Gasteiger partial charge in [-0.15, -0.1) is 0 Å². The van der Waals surface area contributed by atoms with Crippen LogP contribution < -0.4 is 10.6 Å². The van der Waals surface area contributed by atoms with Gasteiger partial charge >= 0.3 is 5.97 Å². The van der Waals surface area contributed by atoms with E-state index >= 15 is 0 Å². The van der Waals surface area contributed by atoms with Gasteiger partial charge in [-0.2, -0.15) is 0 Å². The molecular formula is C13H17IN2O3. The number of rotatable bonds is 5. The van der Waals surface area contributed by atoms with Crippen molar-refractivity contribution in [3.8, 4) is 0 Å². The van der Waals surface area contributed by atoms with E-state index in [-0.39, 0.29) is 11.5 Å². The van der Waals surface area contributed by atoms with Gasteiger partial charge in [0.05, 0.1) is 16.8 Å². The number of hydrogen-bond donors (Lipinski definition) is 3. The predicted molar refractivity (Wildman–Crippen MR) is 82.5 cm³/mol. The van der Waals surface area contributed by atoms with Gasteiger partial charge in [0.25, 0.3) is 0 Å². The Labute approximate surface area is 125 Å². The third-order valence-electron chi connectivity index (χ3n) is 2.65. The molecule has 0 aliphatic rings. The molecule has 1 rings (SSSR count). The van der Waals surface area contributed by atoms with Gasteiger partial charge in [-0.25, -0.2) is 4.79 Å². The number of aromatic carboxylic acids is 1. The smallest absolute Gasteiger partial charge is 0.337 e. The minimum atomic E-state index is -1.06. The molecule has 3 N–H and O–H groups in total. The summed E-state index contributed by atoms with van der Waals surface area (Å²) >= 11 is 2.03. The molecule has 0 unspecified atom stereocenters. The Morgan fingerprint density at radius 2 is 2.00 bits per heavy atom. The lowest BCUT2D eigenvalue weighted by Crippen LogP contribution is -2.49. The van der Waals surface area contributed by atoms with Crippen LogP contribution in [0.25, 0.3) is 0 Å². The largest absolute Gasteiger partial charge is 0.478 e. The summed E-state index contributed by atoms with van der Waals surface area (Å²) in [5.41, 5.74) is -0.357. The molecule has 6 heteroatoms. The van der Waals surface area contributed by atoms with Gasteiger partial charge in [0, 0.05) is 3.57 Å². The van der Waals surface area contributed by atoms with E-state index in [2.05, 4.69) is 10.6 Å². The molecule has 19 heavy (non-hydrogen) atoms. The molecule has 0 spiro atoms. The maximum absolute atomic E-state index is 12.1. The molecule has 0 atom stereocenters. The number of hydrogen-bond acceptors (Lipinski definition) is 3. The number of halogens is 1. The topological polar surface area (TPSA) is 78.4 Å². The number of carboxylic acids is 1. The first-order valence-corrected chi connectivity index (χ1v) is 6.95. The van der Waals surface area contributed by atoms with E-state index in [9.17, 15) is 9.59 Å². The molecule has 5 nitrogen and oxygen atoms in total. The fraction of sp³-hybridized carbons (Fsp3) is 0.385. The molecule has 104 valence electrons. The highest BCUT2D eigenvalue weighted by atomic mass is 127. The third-order valence-corrected chi connectivity index (χ3v) is 3.32. The third kappa shape index (κ3) is 4.17. The zero-order valence-electron chi connectivity index (χ0n) is 11.1. The second kappa shape index (κ2) is 6.33. The van der Waals surface area contributed by atoms with Crippen LogP contribution in [-0.2, 0) is 4.79 Å². The van der Waals surface area contributed by atoms with E-state index in [0.29, 0.717) is 12.2 Å². The highest BCUT2D eigenvalue weighted by Crippen LogP contribution is 2.20. The Hall–Kier alpha value is -1.15. The van der Waals surface area contributed by atoms with Crippen molar-refractivity contribution in [1.82, 2.24) is 5.32 Å². The van der Waals surface area contributed by atoms with E-state index < -0.39 is 11.5 Å². The van der Waals surface area contributed by atoms with Gasteiger partial charge in [-0.05, 0) is 61.2 Å². The fourth-order valence-corrected chi connectivity index (χ4v) is 2.09. The number of carboxylic acid groups (broad SMARTS) is 1. The Morgan fingerprint density at radius 1 is 1.37 bits per heavy atom. The van der Waals surface area contributed by atoms with Gasteiger partial charge in [0.1, 0.15) is 0 Å². The van der Waals surface area contributed by atoms with Gasteiger partial charge in [-0.1, -0.05) is 6.92 Å². The Balaban J connectivity index is 3.00. The van der Waals surface area contributed by atoms with Crippen LogP contribution in [0.5, 0.6) is 0 Å². The number of amides is 1. The molecule has 1 aromatic carbocycles. The van der Waals surface area contributed by atoms with E-state index in [4.69, 9.17) is 5.11 Å². The Bertz CT molecular complexity index is 501. The molecular weight excluding hydrogens is 359 g/mol. The maximum atomic E-state index is 12.1. The average Bonchev–Trinajstić information content (AvgIpc) is 2.30. The molecule has 0 fully saturated rings. The van der Waals surface area contributed by atoms with Gasteiger partial charge in [0.15, 0.2) is 0 Å². The second-order valence-electron chi connectivity index (χ2n) is 4.60. The van der Waals surface area contributed by atoms with Crippen molar-refractivity contribution in [2.24, 2.45) is 0 Å². The first-order valence-electron chi connectivity index (χ1n) is 5.87. The van der Waals surface area contributed by atoms with E-state index in [1.54, 1.807) is 26.0 Å². The lowest BCUT2D eigenvalue weighted by atomic mass is 10.0. The second-order valence-corrected chi connectivity index (χ2v) is 5.85. The van der Waals surface area contributed by atoms with E-state index in [1.807, 2.05) is 29.5 Å². The van der Waals surface area contributed by atoms with Crippen LogP contribution in [0.3, 0.4) is 0 Å². The van der Waals surface area contributed by atoms with Gasteiger partial charge in [0.2, 0.25) is 5.91 Å². The van der Waals surface area contributed by atoms with Crippen LogP contribution in [0.1, 0.15) is 31.1 Å². The zero-order chi connectivity index (χ0) is 14.6. The van der Waals surface area contributed by atoms with Crippen LogP contribution >= 0.6 is 22.6 Å². The Kier molecular flexibility index (Phi) is 5.30. The normalized spacial score (nSPS) is 11.2.